The van der Waals surface area contributed by atoms with Gasteiger partial charge >= 0.3 is 0 Å². The molecule has 3 heterocycles. The van der Waals surface area contributed by atoms with E-state index < -0.39 is 0 Å². The molecular formula is C13H21NO2S. The molecule has 1 spiro atoms. The van der Waals surface area contributed by atoms with E-state index in [9.17, 15) is 4.79 Å². The molecule has 1 N–H and O–H groups in total. The second-order valence-electron chi connectivity index (χ2n) is 5.61. The van der Waals surface area contributed by atoms with Gasteiger partial charge in [0.2, 0.25) is 0 Å². The number of carbonyl (C=O) groups is 1. The zero-order valence-corrected chi connectivity index (χ0v) is 11.1. The molecule has 0 bridgehead atoms. The van der Waals surface area contributed by atoms with Crippen LogP contribution in [0.15, 0.2) is 0 Å². The van der Waals surface area contributed by atoms with Gasteiger partial charge in [0, 0.05) is 37.8 Å². The lowest BCUT2D eigenvalue weighted by Gasteiger charge is -2.41. The molecule has 0 aromatic rings. The second kappa shape index (κ2) is 4.90. The summed E-state index contributed by atoms with van der Waals surface area (Å²) in [5.74, 6) is 3.66. The van der Waals surface area contributed by atoms with Crippen molar-refractivity contribution >= 4 is 17.5 Å². The number of ether oxygens (including phenoxy) is 1. The maximum atomic E-state index is 12.0. The molecular weight excluding hydrogens is 234 g/mol. The second-order valence-corrected chi connectivity index (χ2v) is 6.72. The summed E-state index contributed by atoms with van der Waals surface area (Å²) in [6.45, 7) is 2.63. The molecule has 17 heavy (non-hydrogen) atoms. The van der Waals surface area contributed by atoms with Crippen LogP contribution in [0.25, 0.3) is 0 Å². The van der Waals surface area contributed by atoms with Crippen LogP contribution in [0.5, 0.6) is 0 Å². The van der Waals surface area contributed by atoms with E-state index in [1.165, 1.54) is 12.2 Å². The highest BCUT2D eigenvalue weighted by Crippen LogP contribution is 2.42. The Hall–Kier alpha value is -0.0600. The van der Waals surface area contributed by atoms with Gasteiger partial charge in [0.1, 0.15) is 5.78 Å². The SMILES string of the molecule is O=C1CCNCC1C1CCOC2(CCSC2)C1. The molecule has 96 valence electrons. The maximum absolute atomic E-state index is 12.0. The lowest BCUT2D eigenvalue weighted by Crippen LogP contribution is -2.47. The van der Waals surface area contributed by atoms with Crippen molar-refractivity contribution in [2.24, 2.45) is 11.8 Å². The predicted molar refractivity (Wildman–Crippen MR) is 69.3 cm³/mol. The van der Waals surface area contributed by atoms with Crippen molar-refractivity contribution in [2.45, 2.75) is 31.3 Å². The smallest absolute Gasteiger partial charge is 0.138 e. The summed E-state index contributed by atoms with van der Waals surface area (Å²) < 4.78 is 6.03. The van der Waals surface area contributed by atoms with Gasteiger partial charge in [0.15, 0.2) is 0 Å². The number of hydrogen-bond donors (Lipinski definition) is 1. The van der Waals surface area contributed by atoms with Crippen LogP contribution in [0.3, 0.4) is 0 Å². The van der Waals surface area contributed by atoms with Gasteiger partial charge in [-0.05, 0) is 30.9 Å². The number of thioether (sulfide) groups is 1. The molecule has 3 nitrogen and oxygen atoms in total. The van der Waals surface area contributed by atoms with E-state index >= 15 is 0 Å². The highest BCUT2D eigenvalue weighted by molar-refractivity contribution is 7.99. The molecule has 0 amide bonds. The van der Waals surface area contributed by atoms with E-state index in [1.807, 2.05) is 11.8 Å². The Kier molecular flexibility index (Phi) is 3.46. The first-order valence-electron chi connectivity index (χ1n) is 6.74. The summed E-state index contributed by atoms with van der Waals surface area (Å²) in [7, 11) is 0. The molecule has 3 saturated heterocycles. The monoisotopic (exact) mass is 255 g/mol. The van der Waals surface area contributed by atoms with Crippen LogP contribution in [0, 0.1) is 11.8 Å². The minimum atomic E-state index is 0.116. The van der Waals surface area contributed by atoms with Crippen molar-refractivity contribution in [1.82, 2.24) is 5.32 Å². The van der Waals surface area contributed by atoms with Crippen LogP contribution in [0.2, 0.25) is 0 Å². The molecule has 3 rings (SSSR count). The quantitative estimate of drug-likeness (QED) is 0.770. The first-order valence-corrected chi connectivity index (χ1v) is 7.90. The van der Waals surface area contributed by atoms with E-state index in [4.69, 9.17) is 4.74 Å². The average Bonchev–Trinajstić information content (AvgIpc) is 2.78. The van der Waals surface area contributed by atoms with Gasteiger partial charge in [0.05, 0.1) is 5.60 Å². The molecule has 0 aromatic carbocycles. The third-order valence-electron chi connectivity index (χ3n) is 4.49. The minimum Gasteiger partial charge on any atom is -0.374 e. The normalized spacial score (nSPS) is 43.2. The van der Waals surface area contributed by atoms with Crippen LogP contribution in [0.1, 0.15) is 25.7 Å². The lowest BCUT2D eigenvalue weighted by atomic mass is 9.75. The van der Waals surface area contributed by atoms with E-state index in [2.05, 4.69) is 5.32 Å². The summed E-state index contributed by atoms with van der Waals surface area (Å²) in [6.07, 6.45) is 4.09. The summed E-state index contributed by atoms with van der Waals surface area (Å²) in [4.78, 5) is 12.0. The predicted octanol–water partition coefficient (Wildman–Crippen LogP) is 1.47. The Morgan fingerprint density at radius 3 is 3.18 bits per heavy atom. The van der Waals surface area contributed by atoms with Crippen LogP contribution < -0.4 is 5.32 Å². The van der Waals surface area contributed by atoms with Gasteiger partial charge in [-0.15, -0.1) is 0 Å². The topological polar surface area (TPSA) is 38.3 Å². The molecule has 0 radical (unpaired) electrons. The number of piperidine rings is 1. The van der Waals surface area contributed by atoms with Crippen LogP contribution >= 0.6 is 11.8 Å². The highest BCUT2D eigenvalue weighted by Gasteiger charge is 2.44. The number of rotatable bonds is 1. The fraction of sp³-hybridized carbons (Fsp3) is 0.923. The van der Waals surface area contributed by atoms with E-state index in [0.717, 1.165) is 44.7 Å². The Bertz CT molecular complexity index is 302. The zero-order valence-electron chi connectivity index (χ0n) is 10.2. The lowest BCUT2D eigenvalue weighted by molar-refractivity contribution is -0.131. The van der Waals surface area contributed by atoms with E-state index in [0.29, 0.717) is 11.7 Å². The first-order chi connectivity index (χ1) is 8.29. The Morgan fingerprint density at radius 1 is 1.47 bits per heavy atom. The van der Waals surface area contributed by atoms with E-state index in [-0.39, 0.29) is 11.5 Å². The first kappa shape index (κ1) is 12.0. The van der Waals surface area contributed by atoms with Crippen LogP contribution in [0.4, 0.5) is 0 Å². The molecule has 0 aliphatic carbocycles. The van der Waals surface area contributed by atoms with Gasteiger partial charge in [-0.3, -0.25) is 4.79 Å². The molecule has 0 saturated carbocycles. The molecule has 0 aromatic heterocycles. The fourth-order valence-corrected chi connectivity index (χ4v) is 4.85. The van der Waals surface area contributed by atoms with Crippen LogP contribution in [-0.2, 0) is 9.53 Å². The average molecular weight is 255 g/mol. The minimum absolute atomic E-state index is 0.116. The highest BCUT2D eigenvalue weighted by atomic mass is 32.2. The third kappa shape index (κ3) is 2.40. The van der Waals surface area contributed by atoms with Gasteiger partial charge in [-0.2, -0.15) is 11.8 Å². The number of carbonyl (C=O) groups excluding carboxylic acids is 1. The number of ketones is 1. The summed E-state index contributed by atoms with van der Waals surface area (Å²) >= 11 is 2.00. The Labute approximate surface area is 107 Å². The zero-order chi connectivity index (χ0) is 11.7. The van der Waals surface area contributed by atoms with Gasteiger partial charge < -0.3 is 10.1 Å². The van der Waals surface area contributed by atoms with Gasteiger partial charge in [0.25, 0.3) is 0 Å². The molecule has 3 atom stereocenters. The summed E-state index contributed by atoms with van der Waals surface area (Å²) in [5.41, 5.74) is 0.116. The third-order valence-corrected chi connectivity index (χ3v) is 5.72. The Balaban J connectivity index is 1.68. The van der Waals surface area contributed by atoms with Crippen molar-refractivity contribution in [3.05, 3.63) is 0 Å². The summed E-state index contributed by atoms with van der Waals surface area (Å²) in [5, 5.41) is 3.37. The number of hydrogen-bond acceptors (Lipinski definition) is 4. The van der Waals surface area contributed by atoms with Crippen LogP contribution in [-0.4, -0.2) is 42.6 Å². The van der Waals surface area contributed by atoms with Crippen molar-refractivity contribution < 1.29 is 9.53 Å². The van der Waals surface area contributed by atoms with Crippen molar-refractivity contribution in [3.8, 4) is 0 Å². The molecule has 3 aliphatic heterocycles. The molecule has 3 fully saturated rings. The standard InChI is InChI=1S/C13H21NO2S/c15-12-1-4-14-8-11(12)10-2-5-16-13(7-10)3-6-17-9-13/h10-11,14H,1-9H2. The molecule has 4 heteroatoms. The van der Waals surface area contributed by atoms with Gasteiger partial charge in [-0.1, -0.05) is 0 Å². The largest absolute Gasteiger partial charge is 0.374 e. The fourth-order valence-electron chi connectivity index (χ4n) is 3.47. The van der Waals surface area contributed by atoms with Crippen molar-refractivity contribution in [3.63, 3.8) is 0 Å². The number of nitrogens with one attached hydrogen (secondary N) is 1. The van der Waals surface area contributed by atoms with Crippen molar-refractivity contribution in [1.29, 1.82) is 0 Å². The number of Topliss-reactive ketones (excluding diaryl/α,β-unsaturated/α-hetero) is 1. The maximum Gasteiger partial charge on any atom is 0.138 e. The van der Waals surface area contributed by atoms with E-state index in [1.54, 1.807) is 0 Å². The molecule has 3 aliphatic rings. The molecule has 3 unspecified atom stereocenters. The Morgan fingerprint density at radius 2 is 2.41 bits per heavy atom. The summed E-state index contributed by atoms with van der Waals surface area (Å²) in [6, 6.07) is 0. The van der Waals surface area contributed by atoms with Crippen molar-refractivity contribution in [2.75, 3.05) is 31.2 Å². The van der Waals surface area contributed by atoms with Gasteiger partial charge in [-0.25, -0.2) is 0 Å².